The average Bonchev–Trinajstić information content (AvgIpc) is 2.43. The Morgan fingerprint density at radius 3 is 2.43 bits per heavy atom. The van der Waals surface area contributed by atoms with Crippen molar-refractivity contribution in [3.8, 4) is 0 Å². The van der Waals surface area contributed by atoms with Gasteiger partial charge in [-0.05, 0) is 56.7 Å². The van der Waals surface area contributed by atoms with E-state index in [0.717, 1.165) is 25.9 Å². The molecule has 0 radical (unpaired) electrons. The highest BCUT2D eigenvalue weighted by Gasteiger charge is 2.21. The monoisotopic (exact) mass is 355 g/mol. The van der Waals surface area contributed by atoms with E-state index in [-0.39, 0.29) is 5.60 Å². The van der Waals surface area contributed by atoms with Crippen LogP contribution < -0.4 is 5.32 Å². The lowest BCUT2D eigenvalue weighted by molar-refractivity contribution is 0.0124. The Kier molecular flexibility index (Phi) is 7.93. The SMILES string of the molecule is COC(C)(C)CCC(CNCC(C)C)c1ccccc1Br. The number of benzene rings is 1. The van der Waals surface area contributed by atoms with E-state index in [4.69, 9.17) is 4.74 Å². The van der Waals surface area contributed by atoms with Gasteiger partial charge in [0.25, 0.3) is 0 Å². The lowest BCUT2D eigenvalue weighted by atomic mass is 9.89. The Hall–Kier alpha value is -0.380. The van der Waals surface area contributed by atoms with Gasteiger partial charge in [-0.3, -0.25) is 0 Å². The highest BCUT2D eigenvalue weighted by Crippen LogP contribution is 2.30. The number of hydrogen-bond donors (Lipinski definition) is 1. The number of halogens is 1. The van der Waals surface area contributed by atoms with Gasteiger partial charge in [0.15, 0.2) is 0 Å². The fraction of sp³-hybridized carbons (Fsp3) is 0.667. The van der Waals surface area contributed by atoms with Crippen molar-refractivity contribution in [1.29, 1.82) is 0 Å². The summed E-state index contributed by atoms with van der Waals surface area (Å²) in [5.74, 6) is 1.19. The van der Waals surface area contributed by atoms with E-state index in [9.17, 15) is 0 Å². The van der Waals surface area contributed by atoms with Crippen LogP contribution in [0.4, 0.5) is 0 Å². The molecule has 0 heterocycles. The number of ether oxygens (including phenoxy) is 1. The summed E-state index contributed by atoms with van der Waals surface area (Å²) in [5.41, 5.74) is 1.33. The van der Waals surface area contributed by atoms with Crippen molar-refractivity contribution in [2.24, 2.45) is 5.92 Å². The third-order valence-corrected chi connectivity index (χ3v) is 4.66. The molecule has 0 fully saturated rings. The normalized spacial score (nSPS) is 13.7. The number of rotatable bonds is 9. The van der Waals surface area contributed by atoms with Crippen LogP contribution in [0.25, 0.3) is 0 Å². The van der Waals surface area contributed by atoms with E-state index in [1.54, 1.807) is 7.11 Å². The van der Waals surface area contributed by atoms with Gasteiger partial charge in [0.1, 0.15) is 0 Å². The van der Waals surface area contributed by atoms with E-state index in [2.05, 4.69) is 73.2 Å². The standard InChI is InChI=1S/C18H30BrNO/c1-14(2)12-20-13-15(10-11-18(3,4)21-5)16-8-6-7-9-17(16)19/h6-9,14-15,20H,10-13H2,1-5H3. The summed E-state index contributed by atoms with van der Waals surface area (Å²) >= 11 is 3.70. The van der Waals surface area contributed by atoms with Crippen LogP contribution in [0.3, 0.4) is 0 Å². The molecule has 2 nitrogen and oxygen atoms in total. The first-order chi connectivity index (χ1) is 9.85. The number of hydrogen-bond acceptors (Lipinski definition) is 2. The van der Waals surface area contributed by atoms with Crippen molar-refractivity contribution < 1.29 is 4.74 Å². The van der Waals surface area contributed by atoms with Crippen LogP contribution in [0.5, 0.6) is 0 Å². The van der Waals surface area contributed by atoms with Gasteiger partial charge in [0.05, 0.1) is 5.60 Å². The van der Waals surface area contributed by atoms with Crippen LogP contribution in [0, 0.1) is 5.92 Å². The summed E-state index contributed by atoms with van der Waals surface area (Å²) < 4.78 is 6.77. The van der Waals surface area contributed by atoms with Crippen molar-refractivity contribution in [3.05, 3.63) is 34.3 Å². The molecule has 0 bridgehead atoms. The maximum absolute atomic E-state index is 5.56. The summed E-state index contributed by atoms with van der Waals surface area (Å²) in [6.07, 6.45) is 2.17. The zero-order chi connectivity index (χ0) is 15.9. The first-order valence-corrected chi connectivity index (χ1v) is 8.65. The Morgan fingerprint density at radius 1 is 1.19 bits per heavy atom. The van der Waals surface area contributed by atoms with Gasteiger partial charge >= 0.3 is 0 Å². The first kappa shape index (κ1) is 18.7. The summed E-state index contributed by atoms with van der Waals surface area (Å²) in [7, 11) is 1.80. The quantitative estimate of drug-likeness (QED) is 0.674. The van der Waals surface area contributed by atoms with Gasteiger partial charge in [0.2, 0.25) is 0 Å². The highest BCUT2D eigenvalue weighted by molar-refractivity contribution is 9.10. The van der Waals surface area contributed by atoms with E-state index in [1.807, 2.05) is 0 Å². The van der Waals surface area contributed by atoms with Crippen LogP contribution in [-0.2, 0) is 4.74 Å². The molecule has 0 aliphatic carbocycles. The number of methoxy groups -OCH3 is 1. The minimum absolute atomic E-state index is 0.0580. The molecule has 1 aromatic rings. The molecular formula is C18H30BrNO. The highest BCUT2D eigenvalue weighted by atomic mass is 79.9. The van der Waals surface area contributed by atoms with Crippen LogP contribution in [0.15, 0.2) is 28.7 Å². The van der Waals surface area contributed by atoms with Crippen LogP contribution in [-0.4, -0.2) is 25.8 Å². The zero-order valence-electron chi connectivity index (χ0n) is 14.1. The Balaban J connectivity index is 2.73. The molecule has 0 aliphatic heterocycles. The second kappa shape index (κ2) is 8.92. The first-order valence-electron chi connectivity index (χ1n) is 7.86. The predicted molar refractivity (Wildman–Crippen MR) is 94.9 cm³/mol. The molecule has 0 aliphatic rings. The average molecular weight is 356 g/mol. The van der Waals surface area contributed by atoms with Crippen LogP contribution in [0.2, 0.25) is 0 Å². The molecule has 0 amide bonds. The van der Waals surface area contributed by atoms with Crippen LogP contribution in [0.1, 0.15) is 52.0 Å². The summed E-state index contributed by atoms with van der Waals surface area (Å²) in [6, 6.07) is 8.56. The smallest absolute Gasteiger partial charge is 0.0623 e. The molecule has 1 rings (SSSR count). The van der Waals surface area contributed by atoms with Crippen molar-refractivity contribution in [1.82, 2.24) is 5.32 Å². The fourth-order valence-electron chi connectivity index (χ4n) is 2.34. The van der Waals surface area contributed by atoms with Gasteiger partial charge in [-0.2, -0.15) is 0 Å². The second-order valence-electron chi connectivity index (χ2n) is 6.77. The van der Waals surface area contributed by atoms with Gasteiger partial charge in [-0.25, -0.2) is 0 Å². The minimum atomic E-state index is -0.0580. The molecule has 1 aromatic carbocycles. The lowest BCUT2D eigenvalue weighted by Gasteiger charge is -2.27. The third kappa shape index (κ3) is 6.94. The minimum Gasteiger partial charge on any atom is -0.379 e. The lowest BCUT2D eigenvalue weighted by Crippen LogP contribution is -2.28. The van der Waals surface area contributed by atoms with E-state index >= 15 is 0 Å². The molecule has 1 atom stereocenters. The van der Waals surface area contributed by atoms with Crippen molar-refractivity contribution in [3.63, 3.8) is 0 Å². The largest absolute Gasteiger partial charge is 0.379 e. The van der Waals surface area contributed by atoms with Crippen LogP contribution >= 0.6 is 15.9 Å². The molecular weight excluding hydrogens is 326 g/mol. The zero-order valence-corrected chi connectivity index (χ0v) is 15.7. The van der Waals surface area contributed by atoms with Gasteiger partial charge in [-0.1, -0.05) is 48.0 Å². The van der Waals surface area contributed by atoms with E-state index < -0.39 is 0 Å². The molecule has 120 valence electrons. The van der Waals surface area contributed by atoms with Crippen molar-refractivity contribution >= 4 is 15.9 Å². The number of nitrogens with one attached hydrogen (secondary N) is 1. The third-order valence-electron chi connectivity index (χ3n) is 3.94. The van der Waals surface area contributed by atoms with Gasteiger partial charge < -0.3 is 10.1 Å². The van der Waals surface area contributed by atoms with Crippen molar-refractivity contribution in [2.75, 3.05) is 20.2 Å². The Bertz CT molecular complexity index is 417. The molecule has 0 saturated heterocycles. The Morgan fingerprint density at radius 2 is 1.86 bits per heavy atom. The van der Waals surface area contributed by atoms with Gasteiger partial charge in [-0.15, -0.1) is 0 Å². The maximum atomic E-state index is 5.56. The molecule has 0 spiro atoms. The second-order valence-corrected chi connectivity index (χ2v) is 7.63. The fourth-order valence-corrected chi connectivity index (χ4v) is 2.95. The maximum Gasteiger partial charge on any atom is 0.0623 e. The molecule has 1 N–H and O–H groups in total. The molecule has 0 saturated carbocycles. The van der Waals surface area contributed by atoms with Gasteiger partial charge in [0, 0.05) is 18.1 Å². The summed E-state index contributed by atoms with van der Waals surface area (Å²) in [5, 5.41) is 3.60. The van der Waals surface area contributed by atoms with Crippen molar-refractivity contribution in [2.45, 2.75) is 52.1 Å². The van der Waals surface area contributed by atoms with E-state index in [1.165, 1.54) is 10.0 Å². The topological polar surface area (TPSA) is 21.3 Å². The molecule has 1 unspecified atom stereocenters. The predicted octanol–water partition coefficient (Wildman–Crippen LogP) is 4.98. The van der Waals surface area contributed by atoms with E-state index in [0.29, 0.717) is 11.8 Å². The summed E-state index contributed by atoms with van der Waals surface area (Å²) in [6.45, 7) is 10.9. The molecule has 0 aromatic heterocycles. The molecule has 3 heteroatoms. The summed E-state index contributed by atoms with van der Waals surface area (Å²) in [4.78, 5) is 0. The molecule has 21 heavy (non-hydrogen) atoms. The Labute approximate surface area is 138 Å².